The molecule has 0 aliphatic carbocycles. The Balaban J connectivity index is 3.09. The van der Waals surface area contributed by atoms with Crippen molar-refractivity contribution < 1.29 is 18.7 Å². The summed E-state index contributed by atoms with van der Waals surface area (Å²) in [6, 6.07) is 1.41. The number of halogens is 1. The molecule has 70 valence electrons. The normalized spacial score (nSPS) is 9.77. The number of hydrogen-bond acceptors (Lipinski definition) is 4. The van der Waals surface area contributed by atoms with E-state index in [1.54, 1.807) is 0 Å². The largest absolute Gasteiger partial charge is 0.463 e. The zero-order valence-corrected chi connectivity index (χ0v) is 8.67. The van der Waals surface area contributed by atoms with Crippen molar-refractivity contribution in [1.29, 1.82) is 0 Å². The van der Waals surface area contributed by atoms with E-state index in [0.717, 1.165) is 0 Å². The highest BCUT2D eigenvalue weighted by atomic mass is 79.9. The summed E-state index contributed by atoms with van der Waals surface area (Å²) in [4.78, 5) is 21.9. The first-order valence-electron chi connectivity index (χ1n) is 3.45. The summed E-state index contributed by atoms with van der Waals surface area (Å²) in [6.07, 6.45) is 0. The smallest absolute Gasteiger partial charge is 0.374 e. The zero-order chi connectivity index (χ0) is 10.0. The van der Waals surface area contributed by atoms with Crippen LogP contribution < -0.4 is 0 Å². The number of rotatable bonds is 2. The van der Waals surface area contributed by atoms with Gasteiger partial charge in [0, 0.05) is 13.0 Å². The maximum Gasteiger partial charge on any atom is 0.374 e. The van der Waals surface area contributed by atoms with E-state index in [9.17, 15) is 9.59 Å². The Morgan fingerprint density at radius 1 is 1.54 bits per heavy atom. The Hall–Kier alpha value is -1.10. The molecule has 5 heteroatoms. The predicted molar refractivity (Wildman–Crippen MR) is 47.8 cm³/mol. The standard InChI is InChI=1S/C8H7BrO4/c1-4(10)7-5(9)3-6(13-7)8(11)12-2/h3H,1-2H3. The highest BCUT2D eigenvalue weighted by Gasteiger charge is 2.17. The first-order chi connectivity index (χ1) is 6.06. The predicted octanol–water partition coefficient (Wildman–Crippen LogP) is 2.03. The maximum absolute atomic E-state index is 11.0. The van der Waals surface area contributed by atoms with Gasteiger partial charge < -0.3 is 9.15 Å². The number of methoxy groups -OCH3 is 1. The van der Waals surface area contributed by atoms with Crippen LogP contribution in [0, 0.1) is 0 Å². The molecule has 0 unspecified atom stereocenters. The minimum absolute atomic E-state index is 0.0135. The molecule has 0 fully saturated rings. The molecular weight excluding hydrogens is 240 g/mol. The number of carbonyl (C=O) groups is 2. The van der Waals surface area contributed by atoms with E-state index in [1.807, 2.05) is 0 Å². The molecule has 4 nitrogen and oxygen atoms in total. The van der Waals surface area contributed by atoms with Crippen LogP contribution in [0.4, 0.5) is 0 Å². The molecule has 13 heavy (non-hydrogen) atoms. The molecule has 0 atom stereocenters. The third-order valence-electron chi connectivity index (χ3n) is 1.39. The van der Waals surface area contributed by atoms with E-state index >= 15 is 0 Å². The van der Waals surface area contributed by atoms with Crippen LogP contribution in [0.2, 0.25) is 0 Å². The fraction of sp³-hybridized carbons (Fsp3) is 0.250. The van der Waals surface area contributed by atoms with Gasteiger partial charge in [-0.1, -0.05) is 0 Å². The van der Waals surface area contributed by atoms with Gasteiger partial charge in [0.15, 0.2) is 11.5 Å². The van der Waals surface area contributed by atoms with Gasteiger partial charge in [-0.15, -0.1) is 0 Å². The van der Waals surface area contributed by atoms with Gasteiger partial charge >= 0.3 is 5.97 Å². The molecule has 0 bridgehead atoms. The minimum atomic E-state index is -0.604. The second-order valence-electron chi connectivity index (χ2n) is 2.34. The van der Waals surface area contributed by atoms with Gasteiger partial charge in [0.25, 0.3) is 0 Å². The molecule has 0 saturated heterocycles. The lowest BCUT2D eigenvalue weighted by atomic mass is 10.3. The summed E-state index contributed by atoms with van der Waals surface area (Å²) in [6.45, 7) is 1.35. The first kappa shape index (κ1) is 9.98. The van der Waals surface area contributed by atoms with Crippen LogP contribution in [0.1, 0.15) is 28.0 Å². The van der Waals surface area contributed by atoms with Gasteiger partial charge in [-0.05, 0) is 15.9 Å². The number of carbonyl (C=O) groups excluding carboxylic acids is 2. The lowest BCUT2D eigenvalue weighted by Gasteiger charge is -1.91. The van der Waals surface area contributed by atoms with Crippen LogP contribution in [0.3, 0.4) is 0 Å². The average Bonchev–Trinajstić information content (AvgIpc) is 2.46. The number of esters is 1. The molecule has 0 aliphatic rings. The molecule has 0 aromatic carbocycles. The van der Waals surface area contributed by atoms with Crippen LogP contribution in [-0.2, 0) is 4.74 Å². The van der Waals surface area contributed by atoms with Crippen molar-refractivity contribution in [1.82, 2.24) is 0 Å². The second-order valence-corrected chi connectivity index (χ2v) is 3.19. The van der Waals surface area contributed by atoms with Gasteiger partial charge in [0.05, 0.1) is 11.6 Å². The van der Waals surface area contributed by atoms with Crippen molar-refractivity contribution in [3.63, 3.8) is 0 Å². The summed E-state index contributed by atoms with van der Waals surface area (Å²) >= 11 is 3.09. The topological polar surface area (TPSA) is 56.5 Å². The van der Waals surface area contributed by atoms with Crippen molar-refractivity contribution in [2.24, 2.45) is 0 Å². The molecule has 1 heterocycles. The number of hydrogen-bond donors (Lipinski definition) is 0. The Labute approximate surface area is 83.0 Å². The number of ketones is 1. The first-order valence-corrected chi connectivity index (χ1v) is 4.24. The SMILES string of the molecule is COC(=O)c1cc(Br)c(C(C)=O)o1. The Morgan fingerprint density at radius 2 is 2.15 bits per heavy atom. The minimum Gasteiger partial charge on any atom is -0.463 e. The van der Waals surface area contributed by atoms with Crippen LogP contribution in [0.15, 0.2) is 15.0 Å². The molecule has 1 aromatic rings. The molecule has 0 N–H and O–H groups in total. The second kappa shape index (κ2) is 3.74. The molecular formula is C8H7BrO4. The van der Waals surface area contributed by atoms with E-state index in [2.05, 4.69) is 20.7 Å². The van der Waals surface area contributed by atoms with Gasteiger partial charge in [-0.3, -0.25) is 4.79 Å². The van der Waals surface area contributed by atoms with E-state index in [4.69, 9.17) is 4.42 Å². The van der Waals surface area contributed by atoms with Gasteiger partial charge in [0.1, 0.15) is 0 Å². The average molecular weight is 247 g/mol. The third kappa shape index (κ3) is 1.98. The molecule has 0 saturated carbocycles. The maximum atomic E-state index is 11.0. The Morgan fingerprint density at radius 3 is 2.54 bits per heavy atom. The molecule has 0 aliphatic heterocycles. The summed E-state index contributed by atoms with van der Waals surface area (Å²) in [7, 11) is 1.24. The van der Waals surface area contributed by atoms with Crippen molar-refractivity contribution in [2.45, 2.75) is 6.92 Å². The number of ether oxygens (including phenoxy) is 1. The van der Waals surface area contributed by atoms with E-state index in [1.165, 1.54) is 20.1 Å². The van der Waals surface area contributed by atoms with Crippen LogP contribution >= 0.6 is 15.9 Å². The Bertz CT molecular complexity index is 353. The Kier molecular flexibility index (Phi) is 2.87. The summed E-state index contributed by atoms with van der Waals surface area (Å²) in [5, 5.41) is 0. The van der Waals surface area contributed by atoms with E-state index < -0.39 is 5.97 Å². The monoisotopic (exact) mass is 246 g/mol. The van der Waals surface area contributed by atoms with Crippen molar-refractivity contribution in [2.75, 3.05) is 7.11 Å². The summed E-state index contributed by atoms with van der Waals surface area (Å²) in [5.41, 5.74) is 0. The molecule has 0 amide bonds. The van der Waals surface area contributed by atoms with E-state index in [-0.39, 0.29) is 17.3 Å². The van der Waals surface area contributed by atoms with Crippen LogP contribution in [-0.4, -0.2) is 18.9 Å². The lowest BCUT2D eigenvalue weighted by Crippen LogP contribution is -1.98. The summed E-state index contributed by atoms with van der Waals surface area (Å²) in [5.74, 6) is -0.713. The molecule has 1 rings (SSSR count). The zero-order valence-electron chi connectivity index (χ0n) is 7.09. The van der Waals surface area contributed by atoms with Crippen LogP contribution in [0.25, 0.3) is 0 Å². The highest BCUT2D eigenvalue weighted by Crippen LogP contribution is 2.22. The van der Waals surface area contributed by atoms with Crippen molar-refractivity contribution >= 4 is 27.7 Å². The van der Waals surface area contributed by atoms with Crippen molar-refractivity contribution in [3.8, 4) is 0 Å². The van der Waals surface area contributed by atoms with Gasteiger partial charge in [0.2, 0.25) is 5.76 Å². The van der Waals surface area contributed by atoms with Gasteiger partial charge in [-0.25, -0.2) is 4.79 Å². The third-order valence-corrected chi connectivity index (χ3v) is 1.98. The molecule has 1 aromatic heterocycles. The fourth-order valence-corrected chi connectivity index (χ4v) is 1.38. The highest BCUT2D eigenvalue weighted by molar-refractivity contribution is 9.10. The quantitative estimate of drug-likeness (QED) is 0.592. The van der Waals surface area contributed by atoms with Crippen molar-refractivity contribution in [3.05, 3.63) is 22.1 Å². The lowest BCUT2D eigenvalue weighted by molar-refractivity contribution is 0.0563. The fourth-order valence-electron chi connectivity index (χ4n) is 0.810. The van der Waals surface area contributed by atoms with Gasteiger partial charge in [-0.2, -0.15) is 0 Å². The van der Waals surface area contributed by atoms with Crippen LogP contribution in [0.5, 0.6) is 0 Å². The van der Waals surface area contributed by atoms with E-state index in [0.29, 0.717) is 4.47 Å². The molecule has 0 spiro atoms. The number of Topliss-reactive ketones (excluding diaryl/α,β-unsaturated/α-hetero) is 1. The molecule has 0 radical (unpaired) electrons. The summed E-state index contributed by atoms with van der Waals surface area (Å²) < 4.78 is 9.84. The number of furan rings is 1.